The number of benzene rings is 1. The zero-order valence-electron chi connectivity index (χ0n) is 13.0. The van der Waals surface area contributed by atoms with E-state index in [-0.39, 0.29) is 18.4 Å². The molecule has 0 aliphatic rings. The van der Waals surface area contributed by atoms with Crippen LogP contribution < -0.4 is 10.6 Å². The van der Waals surface area contributed by atoms with Gasteiger partial charge < -0.3 is 10.6 Å². The monoisotopic (exact) mass is 336 g/mol. The Morgan fingerprint density at radius 2 is 2.00 bits per heavy atom. The highest BCUT2D eigenvalue weighted by atomic mass is 35.5. The van der Waals surface area contributed by atoms with E-state index >= 15 is 0 Å². The van der Waals surface area contributed by atoms with Gasteiger partial charge in [-0.3, -0.25) is 9.59 Å². The lowest BCUT2D eigenvalue weighted by atomic mass is 9.95. The largest absolute Gasteiger partial charge is 0.324 e. The lowest BCUT2D eigenvalue weighted by molar-refractivity contribution is -0.123. The molecule has 0 atom stereocenters. The number of carbonyl (C=O) groups excluding carboxylic acids is 2. The summed E-state index contributed by atoms with van der Waals surface area (Å²) in [6.45, 7) is 5.42. The molecule has 2 aromatic rings. The molecular weight excluding hydrogens is 320 g/mol. The Bertz CT molecular complexity index is 709. The van der Waals surface area contributed by atoms with Gasteiger partial charge in [0, 0.05) is 11.1 Å². The quantitative estimate of drug-likeness (QED) is 0.888. The van der Waals surface area contributed by atoms with Crippen molar-refractivity contribution in [1.82, 2.24) is 20.2 Å². The maximum atomic E-state index is 12.0. The van der Waals surface area contributed by atoms with Gasteiger partial charge in [0.2, 0.25) is 11.8 Å². The Morgan fingerprint density at radius 1 is 1.26 bits per heavy atom. The number of carbonyl (C=O) groups is 2. The van der Waals surface area contributed by atoms with E-state index in [4.69, 9.17) is 11.6 Å². The van der Waals surface area contributed by atoms with Gasteiger partial charge in [0.15, 0.2) is 0 Å². The zero-order valence-corrected chi connectivity index (χ0v) is 13.8. The van der Waals surface area contributed by atoms with E-state index in [2.05, 4.69) is 26.2 Å². The van der Waals surface area contributed by atoms with Gasteiger partial charge in [0.1, 0.15) is 12.9 Å². The fourth-order valence-electron chi connectivity index (χ4n) is 1.60. The van der Waals surface area contributed by atoms with Gasteiger partial charge in [-0.1, -0.05) is 32.4 Å². The molecule has 9 heteroatoms. The lowest BCUT2D eigenvalue weighted by Gasteiger charge is -2.18. The normalized spacial score (nSPS) is 11.1. The first-order valence-electron chi connectivity index (χ1n) is 6.87. The molecule has 0 aliphatic heterocycles. The van der Waals surface area contributed by atoms with E-state index < -0.39 is 5.41 Å². The molecule has 122 valence electrons. The summed E-state index contributed by atoms with van der Waals surface area (Å²) in [6.07, 6.45) is 1.34. The summed E-state index contributed by atoms with van der Waals surface area (Å²) in [5.74, 6) is -0.435. The topological polar surface area (TPSA) is 102 Å². The van der Waals surface area contributed by atoms with Gasteiger partial charge >= 0.3 is 0 Å². The average molecular weight is 337 g/mol. The second-order valence-corrected chi connectivity index (χ2v) is 6.36. The summed E-state index contributed by atoms with van der Waals surface area (Å²) in [7, 11) is 0. The van der Waals surface area contributed by atoms with Crippen LogP contribution in [0.5, 0.6) is 0 Å². The van der Waals surface area contributed by atoms with Crippen molar-refractivity contribution in [3.63, 3.8) is 0 Å². The Kier molecular flexibility index (Phi) is 4.95. The van der Waals surface area contributed by atoms with Gasteiger partial charge in [0.05, 0.1) is 10.7 Å². The molecule has 2 amide bonds. The third-order valence-corrected chi connectivity index (χ3v) is 3.19. The van der Waals surface area contributed by atoms with Crippen LogP contribution in [0.1, 0.15) is 20.8 Å². The molecule has 0 fully saturated rings. The highest BCUT2D eigenvalue weighted by Gasteiger charge is 2.22. The van der Waals surface area contributed by atoms with E-state index in [9.17, 15) is 9.59 Å². The highest BCUT2D eigenvalue weighted by Crippen LogP contribution is 2.27. The molecular formula is C14H17ClN6O2. The smallest absolute Gasteiger partial charge is 0.246 e. The summed E-state index contributed by atoms with van der Waals surface area (Å²) in [4.78, 5) is 23.8. The third-order valence-electron chi connectivity index (χ3n) is 2.88. The van der Waals surface area contributed by atoms with Crippen molar-refractivity contribution < 1.29 is 9.59 Å². The molecule has 0 spiro atoms. The minimum absolute atomic E-state index is 0.00681. The summed E-state index contributed by atoms with van der Waals surface area (Å²) >= 11 is 6.15. The molecule has 0 bridgehead atoms. The second-order valence-electron chi connectivity index (χ2n) is 5.95. The van der Waals surface area contributed by atoms with E-state index in [1.807, 2.05) is 20.8 Å². The van der Waals surface area contributed by atoms with E-state index in [1.165, 1.54) is 11.0 Å². The number of halogens is 1. The van der Waals surface area contributed by atoms with E-state index in [0.29, 0.717) is 16.4 Å². The number of anilines is 2. The Morgan fingerprint density at radius 3 is 2.57 bits per heavy atom. The van der Waals surface area contributed by atoms with Crippen LogP contribution in [-0.2, 0) is 16.1 Å². The van der Waals surface area contributed by atoms with Gasteiger partial charge in [-0.2, -0.15) is 0 Å². The Balaban J connectivity index is 2.01. The van der Waals surface area contributed by atoms with Crippen molar-refractivity contribution >= 4 is 34.8 Å². The van der Waals surface area contributed by atoms with E-state index in [0.717, 1.165) is 0 Å². The number of amides is 2. The van der Waals surface area contributed by atoms with Crippen LogP contribution in [-0.4, -0.2) is 32.0 Å². The fourth-order valence-corrected chi connectivity index (χ4v) is 1.83. The number of hydrogen-bond donors (Lipinski definition) is 2. The molecule has 1 aromatic heterocycles. The number of rotatable bonds is 4. The van der Waals surface area contributed by atoms with Crippen molar-refractivity contribution in [2.75, 3.05) is 10.6 Å². The van der Waals surface area contributed by atoms with Crippen LogP contribution in [0.2, 0.25) is 5.02 Å². The molecule has 0 unspecified atom stereocenters. The van der Waals surface area contributed by atoms with Crippen LogP contribution in [0.25, 0.3) is 0 Å². The molecule has 0 saturated carbocycles. The minimum atomic E-state index is -0.526. The molecule has 0 radical (unpaired) electrons. The average Bonchev–Trinajstić information content (AvgIpc) is 2.93. The summed E-state index contributed by atoms with van der Waals surface area (Å²) < 4.78 is 1.30. The maximum Gasteiger partial charge on any atom is 0.246 e. The maximum absolute atomic E-state index is 12.0. The molecule has 23 heavy (non-hydrogen) atoms. The Labute approximate surface area is 138 Å². The van der Waals surface area contributed by atoms with Crippen LogP contribution in [0.4, 0.5) is 11.4 Å². The SMILES string of the molecule is CC(C)(C)C(=O)Nc1ccc(NC(=O)Cn2cnnn2)cc1Cl. The minimum Gasteiger partial charge on any atom is -0.324 e. The molecule has 2 rings (SSSR count). The van der Waals surface area contributed by atoms with Crippen LogP contribution >= 0.6 is 11.6 Å². The van der Waals surface area contributed by atoms with Crippen molar-refractivity contribution in [2.45, 2.75) is 27.3 Å². The second kappa shape index (κ2) is 6.74. The molecule has 0 aliphatic carbocycles. The van der Waals surface area contributed by atoms with Crippen molar-refractivity contribution in [3.05, 3.63) is 29.5 Å². The third kappa shape index (κ3) is 4.75. The first-order chi connectivity index (χ1) is 10.8. The van der Waals surface area contributed by atoms with E-state index in [1.54, 1.807) is 18.2 Å². The fraction of sp³-hybridized carbons (Fsp3) is 0.357. The molecule has 1 aromatic carbocycles. The zero-order chi connectivity index (χ0) is 17.0. The van der Waals surface area contributed by atoms with Gasteiger partial charge in [0.25, 0.3) is 0 Å². The number of tetrazole rings is 1. The van der Waals surface area contributed by atoms with Crippen molar-refractivity contribution in [1.29, 1.82) is 0 Å². The first-order valence-corrected chi connectivity index (χ1v) is 7.25. The van der Waals surface area contributed by atoms with Crippen LogP contribution in [0.15, 0.2) is 24.5 Å². The number of nitrogens with one attached hydrogen (secondary N) is 2. The molecule has 1 heterocycles. The first kappa shape index (κ1) is 16.9. The number of nitrogens with zero attached hydrogens (tertiary/aromatic N) is 4. The van der Waals surface area contributed by atoms with Crippen LogP contribution in [0.3, 0.4) is 0 Å². The standard InChI is InChI=1S/C14H17ClN6O2/c1-14(2,3)13(23)18-11-5-4-9(6-10(11)15)17-12(22)7-21-8-16-19-20-21/h4-6,8H,7H2,1-3H3,(H,17,22)(H,18,23). The number of hydrogen-bond acceptors (Lipinski definition) is 5. The Hall–Kier alpha value is -2.48. The van der Waals surface area contributed by atoms with Crippen LogP contribution in [0, 0.1) is 5.41 Å². The van der Waals surface area contributed by atoms with Crippen molar-refractivity contribution in [2.24, 2.45) is 5.41 Å². The summed E-state index contributed by atoms with van der Waals surface area (Å²) in [5.41, 5.74) is 0.481. The van der Waals surface area contributed by atoms with Gasteiger partial charge in [-0.25, -0.2) is 4.68 Å². The summed E-state index contributed by atoms with van der Waals surface area (Å²) in [5, 5.41) is 16.3. The number of aromatic nitrogens is 4. The highest BCUT2D eigenvalue weighted by molar-refractivity contribution is 6.34. The lowest BCUT2D eigenvalue weighted by Crippen LogP contribution is -2.27. The molecule has 8 nitrogen and oxygen atoms in total. The predicted molar refractivity (Wildman–Crippen MR) is 86.0 cm³/mol. The predicted octanol–water partition coefficient (Wildman–Crippen LogP) is 1.95. The molecule has 0 saturated heterocycles. The van der Waals surface area contributed by atoms with Gasteiger partial charge in [-0.05, 0) is 28.6 Å². The van der Waals surface area contributed by atoms with Crippen molar-refractivity contribution in [3.8, 4) is 0 Å². The van der Waals surface area contributed by atoms with Gasteiger partial charge in [-0.15, -0.1) is 5.10 Å². The molecule has 2 N–H and O–H groups in total. The summed E-state index contributed by atoms with van der Waals surface area (Å²) in [6, 6.07) is 4.86.